The summed E-state index contributed by atoms with van der Waals surface area (Å²) >= 11 is 11.8. The second-order valence-corrected chi connectivity index (χ2v) is 4.68. The van der Waals surface area contributed by atoms with Crippen molar-refractivity contribution in [3.63, 3.8) is 0 Å². The third kappa shape index (κ3) is 5.16. The van der Waals surface area contributed by atoms with Crippen LogP contribution in [0, 0.1) is 0 Å². The summed E-state index contributed by atoms with van der Waals surface area (Å²) in [5, 5.41) is 3.74. The quantitative estimate of drug-likeness (QED) is 0.873. The normalized spacial score (nSPS) is 13.3. The standard InChI is InChI=1S/C12H16Cl2N2O2.ClH/c1-7(16-12(17)11(6-15)18-2)8-3-4-9(13)10(14)5-8;/h3-5,7,11H,6,15H2,1-2H3,(H,16,17);1H. The minimum atomic E-state index is -0.643. The molecule has 0 aliphatic heterocycles. The van der Waals surface area contributed by atoms with Crippen LogP contribution in [0.3, 0.4) is 0 Å². The molecular weight excluding hydrogens is 311 g/mol. The average molecular weight is 328 g/mol. The van der Waals surface area contributed by atoms with E-state index in [-0.39, 0.29) is 30.9 Å². The summed E-state index contributed by atoms with van der Waals surface area (Å²) in [6, 6.07) is 5.03. The number of carbonyl (C=O) groups excluding carboxylic acids is 1. The molecule has 0 radical (unpaired) electrons. The summed E-state index contributed by atoms with van der Waals surface area (Å²) in [7, 11) is 1.45. The number of methoxy groups -OCH3 is 1. The van der Waals surface area contributed by atoms with E-state index in [9.17, 15) is 4.79 Å². The van der Waals surface area contributed by atoms with Crippen molar-refractivity contribution in [2.24, 2.45) is 5.73 Å². The third-order valence-electron chi connectivity index (χ3n) is 2.59. The highest BCUT2D eigenvalue weighted by Crippen LogP contribution is 2.25. The molecule has 1 aromatic carbocycles. The van der Waals surface area contributed by atoms with Gasteiger partial charge in [0.1, 0.15) is 6.10 Å². The van der Waals surface area contributed by atoms with Crippen LogP contribution in [0.15, 0.2) is 18.2 Å². The first kappa shape index (κ1) is 18.5. The predicted molar refractivity (Wildman–Crippen MR) is 80.1 cm³/mol. The number of hydrogen-bond donors (Lipinski definition) is 2. The van der Waals surface area contributed by atoms with E-state index in [0.29, 0.717) is 10.0 Å². The van der Waals surface area contributed by atoms with Crippen LogP contribution in [0.5, 0.6) is 0 Å². The van der Waals surface area contributed by atoms with E-state index in [1.165, 1.54) is 7.11 Å². The first-order valence-corrected chi connectivity index (χ1v) is 6.23. The maximum absolute atomic E-state index is 11.8. The van der Waals surface area contributed by atoms with E-state index >= 15 is 0 Å². The second-order valence-electron chi connectivity index (χ2n) is 3.86. The van der Waals surface area contributed by atoms with Crippen LogP contribution in [0.25, 0.3) is 0 Å². The summed E-state index contributed by atoms with van der Waals surface area (Å²) in [4.78, 5) is 11.8. The molecule has 0 aliphatic rings. The van der Waals surface area contributed by atoms with Crippen molar-refractivity contribution >= 4 is 41.5 Å². The van der Waals surface area contributed by atoms with Crippen LogP contribution in [0.2, 0.25) is 10.0 Å². The maximum atomic E-state index is 11.8. The van der Waals surface area contributed by atoms with Gasteiger partial charge in [0, 0.05) is 13.7 Å². The van der Waals surface area contributed by atoms with Gasteiger partial charge in [0.25, 0.3) is 5.91 Å². The van der Waals surface area contributed by atoms with Gasteiger partial charge in [-0.3, -0.25) is 4.79 Å². The number of hydrogen-bond acceptors (Lipinski definition) is 3. The second kappa shape index (κ2) is 8.61. The molecular formula is C12H17Cl3N2O2. The molecule has 1 rings (SSSR count). The summed E-state index contributed by atoms with van der Waals surface area (Å²) in [6.07, 6.45) is -0.643. The van der Waals surface area contributed by atoms with Crippen molar-refractivity contribution in [3.8, 4) is 0 Å². The topological polar surface area (TPSA) is 64.3 Å². The fourth-order valence-corrected chi connectivity index (χ4v) is 1.79. The van der Waals surface area contributed by atoms with E-state index in [1.807, 2.05) is 13.0 Å². The molecule has 2 atom stereocenters. The molecule has 1 aromatic rings. The van der Waals surface area contributed by atoms with Gasteiger partial charge in [0.2, 0.25) is 0 Å². The van der Waals surface area contributed by atoms with Crippen LogP contribution < -0.4 is 11.1 Å². The van der Waals surface area contributed by atoms with Gasteiger partial charge < -0.3 is 15.8 Å². The molecule has 2 unspecified atom stereocenters. The van der Waals surface area contributed by atoms with Crippen LogP contribution >= 0.6 is 35.6 Å². The fourth-order valence-electron chi connectivity index (χ4n) is 1.48. The lowest BCUT2D eigenvalue weighted by molar-refractivity contribution is -0.131. The van der Waals surface area contributed by atoms with E-state index in [0.717, 1.165) is 5.56 Å². The van der Waals surface area contributed by atoms with Crippen LogP contribution in [-0.2, 0) is 9.53 Å². The molecule has 0 saturated carbocycles. The Morgan fingerprint density at radius 1 is 1.42 bits per heavy atom. The highest BCUT2D eigenvalue weighted by molar-refractivity contribution is 6.42. The van der Waals surface area contributed by atoms with Crippen LogP contribution in [0.4, 0.5) is 0 Å². The molecule has 0 spiro atoms. The van der Waals surface area contributed by atoms with E-state index < -0.39 is 6.10 Å². The smallest absolute Gasteiger partial charge is 0.250 e. The molecule has 0 saturated heterocycles. The Balaban J connectivity index is 0.00000324. The molecule has 0 fully saturated rings. The molecule has 19 heavy (non-hydrogen) atoms. The van der Waals surface area contributed by atoms with Gasteiger partial charge in [-0.15, -0.1) is 12.4 Å². The van der Waals surface area contributed by atoms with Crippen molar-refractivity contribution < 1.29 is 9.53 Å². The zero-order valence-electron chi connectivity index (χ0n) is 10.7. The number of halogens is 3. The lowest BCUT2D eigenvalue weighted by atomic mass is 10.1. The first-order valence-electron chi connectivity index (χ1n) is 5.47. The van der Waals surface area contributed by atoms with E-state index in [4.69, 9.17) is 33.7 Å². The minimum Gasteiger partial charge on any atom is -0.370 e. The molecule has 1 amide bonds. The third-order valence-corrected chi connectivity index (χ3v) is 3.33. The largest absolute Gasteiger partial charge is 0.370 e. The van der Waals surface area contributed by atoms with Crippen LogP contribution in [0.1, 0.15) is 18.5 Å². The lowest BCUT2D eigenvalue weighted by Gasteiger charge is -2.18. The van der Waals surface area contributed by atoms with Gasteiger partial charge >= 0.3 is 0 Å². The Hall–Kier alpha value is -0.520. The predicted octanol–water partition coefficient (Wildman–Crippen LogP) is 2.57. The summed E-state index contributed by atoms with van der Waals surface area (Å²) in [5.41, 5.74) is 6.28. The molecule has 0 bridgehead atoms. The first-order chi connectivity index (χ1) is 8.49. The SMILES string of the molecule is COC(CN)C(=O)NC(C)c1ccc(Cl)c(Cl)c1.Cl. The Morgan fingerprint density at radius 2 is 2.05 bits per heavy atom. The molecule has 108 valence electrons. The Labute approximate surface area is 129 Å². The van der Waals surface area contributed by atoms with Gasteiger partial charge in [-0.05, 0) is 24.6 Å². The zero-order chi connectivity index (χ0) is 13.7. The molecule has 3 N–H and O–H groups in total. The fraction of sp³-hybridized carbons (Fsp3) is 0.417. The molecule has 0 aliphatic carbocycles. The van der Waals surface area contributed by atoms with E-state index in [2.05, 4.69) is 5.32 Å². The Morgan fingerprint density at radius 3 is 2.53 bits per heavy atom. The van der Waals surface area contributed by atoms with Crippen LogP contribution in [-0.4, -0.2) is 25.7 Å². The van der Waals surface area contributed by atoms with Gasteiger partial charge in [0.05, 0.1) is 16.1 Å². The summed E-state index contributed by atoms with van der Waals surface area (Å²) in [5.74, 6) is -0.251. The maximum Gasteiger partial charge on any atom is 0.250 e. The Kier molecular flexibility index (Phi) is 8.38. The summed E-state index contributed by atoms with van der Waals surface area (Å²) in [6.45, 7) is 1.98. The number of ether oxygens (including phenoxy) is 1. The van der Waals surface area contributed by atoms with Crippen molar-refractivity contribution in [1.29, 1.82) is 0 Å². The highest BCUT2D eigenvalue weighted by Gasteiger charge is 2.18. The molecule has 4 nitrogen and oxygen atoms in total. The Bertz CT molecular complexity index is 425. The molecule has 0 heterocycles. The zero-order valence-corrected chi connectivity index (χ0v) is 13.0. The highest BCUT2D eigenvalue weighted by atomic mass is 35.5. The van der Waals surface area contributed by atoms with Crippen molar-refractivity contribution in [3.05, 3.63) is 33.8 Å². The molecule has 7 heteroatoms. The summed E-state index contributed by atoms with van der Waals surface area (Å²) < 4.78 is 4.96. The van der Waals surface area contributed by atoms with Crippen molar-refractivity contribution in [2.75, 3.05) is 13.7 Å². The minimum absolute atomic E-state index is 0. The van der Waals surface area contributed by atoms with Gasteiger partial charge in [0.15, 0.2) is 0 Å². The number of amides is 1. The number of nitrogens with two attached hydrogens (primary N) is 1. The van der Waals surface area contributed by atoms with Crippen molar-refractivity contribution in [2.45, 2.75) is 19.1 Å². The number of nitrogens with one attached hydrogen (secondary N) is 1. The van der Waals surface area contributed by atoms with Gasteiger partial charge in [-0.25, -0.2) is 0 Å². The van der Waals surface area contributed by atoms with Gasteiger partial charge in [-0.1, -0.05) is 29.3 Å². The molecule has 0 aromatic heterocycles. The lowest BCUT2D eigenvalue weighted by Crippen LogP contribution is -2.41. The monoisotopic (exact) mass is 326 g/mol. The average Bonchev–Trinajstić information content (AvgIpc) is 2.34. The van der Waals surface area contributed by atoms with E-state index in [1.54, 1.807) is 12.1 Å². The van der Waals surface area contributed by atoms with Crippen molar-refractivity contribution in [1.82, 2.24) is 5.32 Å². The number of rotatable bonds is 5. The number of benzene rings is 1. The van der Waals surface area contributed by atoms with Gasteiger partial charge in [-0.2, -0.15) is 0 Å². The number of carbonyl (C=O) groups is 1.